The van der Waals surface area contributed by atoms with Crippen LogP contribution in [0.25, 0.3) is 0 Å². The van der Waals surface area contributed by atoms with Gasteiger partial charge in [0, 0.05) is 18.7 Å². The van der Waals surface area contributed by atoms with Gasteiger partial charge in [-0.1, -0.05) is 19.3 Å². The fraction of sp³-hybridized carbons (Fsp3) is 0.444. The Kier molecular flexibility index (Phi) is 7.04. The fourth-order valence-corrected chi connectivity index (χ4v) is 3.34. The number of carbonyl (C=O) groups excluding carboxylic acids is 2. The van der Waals surface area contributed by atoms with Crippen molar-refractivity contribution < 1.29 is 18.7 Å². The van der Waals surface area contributed by atoms with Crippen molar-refractivity contribution in [3.63, 3.8) is 0 Å². The number of carbonyl (C=O) groups is 2. The summed E-state index contributed by atoms with van der Waals surface area (Å²) in [5.74, 6) is 2.85. The minimum atomic E-state index is -0.633. The summed E-state index contributed by atoms with van der Waals surface area (Å²) in [5.41, 5.74) is -0.585. The van der Waals surface area contributed by atoms with E-state index in [0.717, 1.165) is 6.42 Å². The molecular weight excluding hydrogens is 356 g/mol. The van der Waals surface area contributed by atoms with Crippen molar-refractivity contribution in [1.29, 1.82) is 0 Å². The molecule has 0 aliphatic carbocycles. The molecule has 8 heteroatoms. The molecule has 1 aromatic rings. The number of terminal acetylenes is 1. The lowest BCUT2D eigenvalue weighted by molar-refractivity contribution is -0.122. The van der Waals surface area contributed by atoms with Crippen LogP contribution in [0.3, 0.4) is 0 Å². The summed E-state index contributed by atoms with van der Waals surface area (Å²) in [5, 5.41) is 3.20. The molecule has 1 N–H and O–H groups in total. The van der Waals surface area contributed by atoms with E-state index >= 15 is 0 Å². The molecule has 0 radical (unpaired) electrons. The summed E-state index contributed by atoms with van der Waals surface area (Å²) in [6, 6.07) is 1.61. The van der Waals surface area contributed by atoms with Gasteiger partial charge in [-0.3, -0.25) is 14.6 Å². The number of rotatable bonds is 8. The first kappa shape index (κ1) is 19.8. The van der Waals surface area contributed by atoms with Crippen LogP contribution in [-0.2, 0) is 9.59 Å². The maximum atomic E-state index is 12.5. The molecular formula is C18H20N2O5S. The molecule has 0 aromatic carbocycles. The molecule has 1 aliphatic heterocycles. The van der Waals surface area contributed by atoms with Gasteiger partial charge in [0.25, 0.3) is 0 Å². The molecule has 7 nitrogen and oxygen atoms in total. The van der Waals surface area contributed by atoms with Crippen LogP contribution in [0.1, 0.15) is 38.5 Å². The van der Waals surface area contributed by atoms with Gasteiger partial charge in [0.15, 0.2) is 5.78 Å². The van der Waals surface area contributed by atoms with Crippen molar-refractivity contribution in [2.75, 3.05) is 12.4 Å². The molecule has 0 spiro atoms. The van der Waals surface area contributed by atoms with E-state index in [1.807, 2.05) is 6.92 Å². The third-order valence-electron chi connectivity index (χ3n) is 3.58. The third kappa shape index (κ3) is 5.23. The van der Waals surface area contributed by atoms with Gasteiger partial charge >= 0.3 is 5.63 Å². The zero-order chi connectivity index (χ0) is 19.1. The van der Waals surface area contributed by atoms with Crippen LogP contribution >= 0.6 is 11.8 Å². The van der Waals surface area contributed by atoms with Crippen LogP contribution in [0.4, 0.5) is 0 Å². The molecule has 138 valence electrons. The lowest BCUT2D eigenvalue weighted by atomic mass is 10.1. The van der Waals surface area contributed by atoms with Crippen molar-refractivity contribution in [3.05, 3.63) is 28.3 Å². The maximum absolute atomic E-state index is 12.5. The summed E-state index contributed by atoms with van der Waals surface area (Å²) in [6.07, 6.45) is 6.48. The van der Waals surface area contributed by atoms with Gasteiger partial charge in [-0.2, -0.15) is 0 Å². The number of thioether (sulfide) groups is 1. The summed E-state index contributed by atoms with van der Waals surface area (Å²) in [6.45, 7) is 3.39. The predicted molar refractivity (Wildman–Crippen MR) is 99.5 cm³/mol. The third-order valence-corrected chi connectivity index (χ3v) is 4.73. The lowest BCUT2D eigenvalue weighted by Crippen LogP contribution is -2.37. The van der Waals surface area contributed by atoms with E-state index < -0.39 is 17.7 Å². The van der Waals surface area contributed by atoms with Gasteiger partial charge < -0.3 is 14.5 Å². The molecule has 0 fully saturated rings. The minimum absolute atomic E-state index is 0.0233. The molecule has 1 aliphatic rings. The summed E-state index contributed by atoms with van der Waals surface area (Å²) in [4.78, 5) is 39.8. The van der Waals surface area contributed by atoms with E-state index in [0.29, 0.717) is 23.0 Å². The van der Waals surface area contributed by atoms with Crippen LogP contribution in [0, 0.1) is 12.3 Å². The molecule has 26 heavy (non-hydrogen) atoms. The van der Waals surface area contributed by atoms with Crippen LogP contribution < -0.4 is 15.7 Å². The highest BCUT2D eigenvalue weighted by Crippen LogP contribution is 2.24. The van der Waals surface area contributed by atoms with E-state index in [2.05, 4.69) is 16.2 Å². The highest BCUT2D eigenvalue weighted by Gasteiger charge is 2.29. The second-order valence-electron chi connectivity index (χ2n) is 5.67. The number of hydrogen-bond donors (Lipinski definition) is 1. The van der Waals surface area contributed by atoms with E-state index in [4.69, 9.17) is 15.6 Å². The van der Waals surface area contributed by atoms with E-state index in [-0.39, 0.29) is 24.0 Å². The van der Waals surface area contributed by atoms with Crippen molar-refractivity contribution in [1.82, 2.24) is 5.32 Å². The van der Waals surface area contributed by atoms with Gasteiger partial charge in [-0.05, 0) is 6.42 Å². The predicted octanol–water partition coefficient (Wildman–Crippen LogP) is 1.71. The van der Waals surface area contributed by atoms with Gasteiger partial charge in [-0.15, -0.1) is 18.2 Å². The maximum Gasteiger partial charge on any atom is 0.339 e. The first-order valence-corrected chi connectivity index (χ1v) is 9.16. The number of aliphatic imine (C=N–C) groups is 1. The second kappa shape index (κ2) is 9.25. The number of ketones is 1. The molecule has 0 saturated heterocycles. The monoisotopic (exact) mass is 376 g/mol. The van der Waals surface area contributed by atoms with Gasteiger partial charge in [0.1, 0.15) is 29.2 Å². The second-order valence-corrected chi connectivity index (χ2v) is 6.68. The van der Waals surface area contributed by atoms with Gasteiger partial charge in [-0.25, -0.2) is 4.79 Å². The number of hydrogen-bond acceptors (Lipinski definition) is 7. The molecule has 0 bridgehead atoms. The molecule has 2 atom stereocenters. The van der Waals surface area contributed by atoms with Gasteiger partial charge in [0.2, 0.25) is 5.91 Å². The number of amides is 1. The number of nitrogens with zero attached hydrogens (tertiary/aromatic N) is 1. The molecule has 1 aromatic heterocycles. The van der Waals surface area contributed by atoms with Crippen molar-refractivity contribution in [2.24, 2.45) is 4.99 Å². The van der Waals surface area contributed by atoms with E-state index in [1.165, 1.54) is 24.8 Å². The number of nitrogens with one attached hydrogen (secondary N) is 1. The van der Waals surface area contributed by atoms with E-state index in [9.17, 15) is 14.4 Å². The highest BCUT2D eigenvalue weighted by molar-refractivity contribution is 8.16. The normalized spacial score (nSPS) is 17.1. The molecule has 2 heterocycles. The van der Waals surface area contributed by atoms with Crippen molar-refractivity contribution in [2.45, 2.75) is 38.8 Å². The smallest absolute Gasteiger partial charge is 0.339 e. The Morgan fingerprint density at radius 3 is 2.92 bits per heavy atom. The Hall–Kier alpha value is -2.53. The summed E-state index contributed by atoms with van der Waals surface area (Å²) >= 11 is 1.26. The van der Waals surface area contributed by atoms with Crippen LogP contribution in [0.15, 0.2) is 26.3 Å². The number of ether oxygens (including phenoxy) is 1. The van der Waals surface area contributed by atoms with Crippen molar-refractivity contribution >= 4 is 28.5 Å². The highest BCUT2D eigenvalue weighted by atomic mass is 32.2. The zero-order valence-corrected chi connectivity index (χ0v) is 15.4. The Balaban J connectivity index is 2.17. The molecule has 1 amide bonds. The summed E-state index contributed by atoms with van der Waals surface area (Å²) < 4.78 is 10.5. The van der Waals surface area contributed by atoms with Crippen molar-refractivity contribution in [3.8, 4) is 18.1 Å². The Morgan fingerprint density at radius 1 is 1.54 bits per heavy atom. The Bertz CT molecular complexity index is 809. The first-order valence-electron chi connectivity index (χ1n) is 8.17. The fourth-order valence-electron chi connectivity index (χ4n) is 2.40. The first-order chi connectivity index (χ1) is 12.4. The average Bonchev–Trinajstić information content (AvgIpc) is 3.09. The largest absolute Gasteiger partial charge is 0.481 e. The topological polar surface area (TPSA) is 98.0 Å². The zero-order valence-electron chi connectivity index (χ0n) is 14.6. The summed E-state index contributed by atoms with van der Waals surface area (Å²) in [7, 11) is 0. The quantitative estimate of drug-likeness (QED) is 0.694. The molecule has 0 saturated carbocycles. The Morgan fingerprint density at radius 2 is 2.31 bits per heavy atom. The van der Waals surface area contributed by atoms with Crippen LogP contribution in [-0.4, -0.2) is 35.1 Å². The minimum Gasteiger partial charge on any atom is -0.481 e. The van der Waals surface area contributed by atoms with Crippen LogP contribution in [0.5, 0.6) is 5.75 Å². The van der Waals surface area contributed by atoms with Gasteiger partial charge in [0.05, 0.1) is 12.1 Å². The molecule has 2 rings (SSSR count). The lowest BCUT2D eigenvalue weighted by Gasteiger charge is -2.19. The van der Waals surface area contributed by atoms with Crippen LogP contribution in [0.2, 0.25) is 0 Å². The SMILES string of the molecule is C#CCOc1cc(C(CCC)NC(=O)C2CSC(C(C)=O)=N2)oc(=O)c1. The standard InChI is InChI=1S/C18H20N2O5S/c1-4-6-13(15-8-12(24-7-5-2)9-16(22)25-15)19-17(23)14-10-26-18(20-14)11(3)21/h2,8-9,13-14H,4,6-7,10H2,1,3H3,(H,19,23). The Labute approximate surface area is 155 Å². The number of Topliss-reactive ketones (excluding diaryl/α,β-unsaturated/α-hetero) is 1. The molecule has 2 unspecified atom stereocenters. The van der Waals surface area contributed by atoms with E-state index in [1.54, 1.807) is 6.07 Å². The average molecular weight is 376 g/mol.